The number of rotatable bonds is 11. The molecule has 0 bridgehead atoms. The monoisotopic (exact) mass is 559 g/mol. The number of guanidine groups is 1. The van der Waals surface area contributed by atoms with E-state index in [1.54, 1.807) is 0 Å². The van der Waals surface area contributed by atoms with Gasteiger partial charge in [0.25, 0.3) is 0 Å². The van der Waals surface area contributed by atoms with E-state index in [0.29, 0.717) is 12.6 Å². The molecule has 2 fully saturated rings. The highest BCUT2D eigenvalue weighted by molar-refractivity contribution is 14.0. The van der Waals surface area contributed by atoms with Crippen molar-refractivity contribution in [1.29, 1.82) is 0 Å². The van der Waals surface area contributed by atoms with Crippen molar-refractivity contribution >= 4 is 29.9 Å². The van der Waals surface area contributed by atoms with Gasteiger partial charge in [0.05, 0.1) is 19.3 Å². The van der Waals surface area contributed by atoms with Crippen LogP contribution in [0.5, 0.6) is 0 Å². The minimum absolute atomic E-state index is 0. The standard InChI is InChI=1S/C24H41N5O2.HI/c1-3-25-24(26-11-5-16-30-20-23-6-4-17-31-23)27-18-21-7-9-22(10-8-21)19-29-14-12-28(2)13-15-29;/h7-10,23H,3-6,11-20H2,1-2H3,(H2,25,26,27);1H. The number of halogens is 1. The Morgan fingerprint density at radius 3 is 2.56 bits per heavy atom. The normalized spacial score (nSPS) is 20.2. The lowest BCUT2D eigenvalue weighted by molar-refractivity contribution is 0.0168. The largest absolute Gasteiger partial charge is 0.379 e. The lowest BCUT2D eigenvalue weighted by Gasteiger charge is -2.32. The maximum Gasteiger partial charge on any atom is 0.191 e. The van der Waals surface area contributed by atoms with Crippen LogP contribution in [0.2, 0.25) is 0 Å². The van der Waals surface area contributed by atoms with Crippen LogP contribution in [0.4, 0.5) is 0 Å². The summed E-state index contributed by atoms with van der Waals surface area (Å²) in [6, 6.07) is 8.90. The van der Waals surface area contributed by atoms with Gasteiger partial charge >= 0.3 is 0 Å². The van der Waals surface area contributed by atoms with Gasteiger partial charge in [0.1, 0.15) is 0 Å². The Morgan fingerprint density at radius 1 is 1.12 bits per heavy atom. The molecule has 182 valence electrons. The van der Waals surface area contributed by atoms with Crippen molar-refractivity contribution in [1.82, 2.24) is 20.4 Å². The number of benzene rings is 1. The summed E-state index contributed by atoms with van der Waals surface area (Å²) >= 11 is 0. The predicted octanol–water partition coefficient (Wildman–Crippen LogP) is 2.69. The minimum atomic E-state index is 0. The summed E-state index contributed by atoms with van der Waals surface area (Å²) in [5.41, 5.74) is 2.62. The SMILES string of the molecule is CCNC(=NCc1ccc(CN2CCN(C)CC2)cc1)NCCCOCC1CCCO1.I. The van der Waals surface area contributed by atoms with E-state index in [-0.39, 0.29) is 24.0 Å². The molecule has 8 heteroatoms. The Balaban J connectivity index is 0.00000363. The molecule has 0 spiro atoms. The van der Waals surface area contributed by atoms with E-state index >= 15 is 0 Å². The fourth-order valence-corrected chi connectivity index (χ4v) is 3.90. The molecule has 0 aliphatic carbocycles. The van der Waals surface area contributed by atoms with E-state index in [1.807, 2.05) is 0 Å². The molecule has 7 nitrogen and oxygen atoms in total. The number of hydrogen-bond acceptors (Lipinski definition) is 5. The molecule has 1 unspecified atom stereocenters. The third-order valence-electron chi connectivity index (χ3n) is 5.87. The van der Waals surface area contributed by atoms with Crippen molar-refractivity contribution in [2.75, 3.05) is 66.1 Å². The Hall–Kier alpha value is -0.940. The molecule has 0 aromatic heterocycles. The Kier molecular flexibility index (Phi) is 13.5. The number of hydrogen-bond donors (Lipinski definition) is 2. The summed E-state index contributed by atoms with van der Waals surface area (Å²) in [5, 5.41) is 6.73. The summed E-state index contributed by atoms with van der Waals surface area (Å²) in [5.74, 6) is 0.864. The first-order chi connectivity index (χ1) is 15.2. The molecule has 0 saturated carbocycles. The van der Waals surface area contributed by atoms with Crippen LogP contribution in [0, 0.1) is 0 Å². The van der Waals surface area contributed by atoms with Crippen molar-refractivity contribution in [3.63, 3.8) is 0 Å². The molecule has 1 aromatic rings. The summed E-state index contributed by atoms with van der Waals surface area (Å²) in [6.07, 6.45) is 3.56. The second-order valence-corrected chi connectivity index (χ2v) is 8.58. The highest BCUT2D eigenvalue weighted by Gasteiger charge is 2.15. The van der Waals surface area contributed by atoms with Crippen LogP contribution in [0.25, 0.3) is 0 Å². The zero-order valence-corrected chi connectivity index (χ0v) is 22.2. The van der Waals surface area contributed by atoms with Gasteiger partial charge in [0.2, 0.25) is 0 Å². The van der Waals surface area contributed by atoms with Crippen LogP contribution in [0.15, 0.2) is 29.3 Å². The van der Waals surface area contributed by atoms with Gasteiger partial charge in [-0.05, 0) is 44.4 Å². The molecule has 2 N–H and O–H groups in total. The number of aliphatic imine (C=N–C) groups is 1. The number of nitrogens with zero attached hydrogens (tertiary/aromatic N) is 3. The second kappa shape index (κ2) is 15.8. The Morgan fingerprint density at radius 2 is 1.88 bits per heavy atom. The second-order valence-electron chi connectivity index (χ2n) is 8.58. The number of nitrogens with one attached hydrogen (secondary N) is 2. The van der Waals surface area contributed by atoms with Crippen molar-refractivity contribution in [3.05, 3.63) is 35.4 Å². The Bertz CT molecular complexity index is 644. The highest BCUT2D eigenvalue weighted by Crippen LogP contribution is 2.12. The molecule has 1 aromatic carbocycles. The lowest BCUT2D eigenvalue weighted by atomic mass is 10.1. The summed E-state index contributed by atoms with van der Waals surface area (Å²) in [6.45, 7) is 12.5. The van der Waals surface area contributed by atoms with Gasteiger partial charge in [0.15, 0.2) is 5.96 Å². The highest BCUT2D eigenvalue weighted by atomic mass is 127. The van der Waals surface area contributed by atoms with E-state index < -0.39 is 0 Å². The molecule has 2 aliphatic heterocycles. The smallest absolute Gasteiger partial charge is 0.191 e. The topological polar surface area (TPSA) is 61.4 Å². The zero-order chi connectivity index (χ0) is 21.7. The van der Waals surface area contributed by atoms with Crippen LogP contribution in [-0.2, 0) is 22.6 Å². The van der Waals surface area contributed by atoms with Crippen molar-refractivity contribution in [2.24, 2.45) is 4.99 Å². The lowest BCUT2D eigenvalue weighted by Crippen LogP contribution is -2.43. The first kappa shape index (κ1) is 27.3. The van der Waals surface area contributed by atoms with Gasteiger partial charge in [0, 0.05) is 59.0 Å². The summed E-state index contributed by atoms with van der Waals surface area (Å²) < 4.78 is 11.3. The van der Waals surface area contributed by atoms with Gasteiger partial charge < -0.3 is 25.0 Å². The maximum atomic E-state index is 5.73. The van der Waals surface area contributed by atoms with Gasteiger partial charge in [-0.2, -0.15) is 0 Å². The minimum Gasteiger partial charge on any atom is -0.379 e. The molecule has 2 saturated heterocycles. The molecular formula is C24H42IN5O2. The third-order valence-corrected chi connectivity index (χ3v) is 5.87. The van der Waals surface area contributed by atoms with E-state index in [9.17, 15) is 0 Å². The van der Waals surface area contributed by atoms with Gasteiger partial charge in [-0.25, -0.2) is 4.99 Å². The van der Waals surface area contributed by atoms with Crippen LogP contribution in [0.3, 0.4) is 0 Å². The first-order valence-corrected chi connectivity index (χ1v) is 11.9. The molecule has 2 heterocycles. The van der Waals surface area contributed by atoms with Crippen molar-refractivity contribution in [3.8, 4) is 0 Å². The van der Waals surface area contributed by atoms with Crippen molar-refractivity contribution in [2.45, 2.75) is 45.4 Å². The quantitative estimate of drug-likeness (QED) is 0.188. The third kappa shape index (κ3) is 10.3. The first-order valence-electron chi connectivity index (χ1n) is 11.9. The van der Waals surface area contributed by atoms with Crippen molar-refractivity contribution < 1.29 is 9.47 Å². The van der Waals surface area contributed by atoms with E-state index in [4.69, 9.17) is 14.5 Å². The van der Waals surface area contributed by atoms with E-state index in [2.05, 4.69) is 58.7 Å². The average molecular weight is 560 g/mol. The molecular weight excluding hydrogens is 517 g/mol. The fourth-order valence-electron chi connectivity index (χ4n) is 3.90. The molecule has 0 amide bonds. The molecule has 1 atom stereocenters. The van der Waals surface area contributed by atoms with Gasteiger partial charge in [-0.15, -0.1) is 24.0 Å². The van der Waals surface area contributed by atoms with Gasteiger partial charge in [-0.1, -0.05) is 24.3 Å². The predicted molar refractivity (Wildman–Crippen MR) is 142 cm³/mol. The van der Waals surface area contributed by atoms with Gasteiger partial charge in [-0.3, -0.25) is 4.90 Å². The summed E-state index contributed by atoms with van der Waals surface area (Å²) in [7, 11) is 2.20. The van der Waals surface area contributed by atoms with Crippen LogP contribution < -0.4 is 10.6 Å². The van der Waals surface area contributed by atoms with Crippen LogP contribution in [0.1, 0.15) is 37.3 Å². The zero-order valence-electron chi connectivity index (χ0n) is 19.9. The number of likely N-dealkylation sites (N-methyl/N-ethyl adjacent to an activating group) is 1. The fraction of sp³-hybridized carbons (Fsp3) is 0.708. The van der Waals surface area contributed by atoms with Crippen LogP contribution in [-0.4, -0.2) is 88.0 Å². The Labute approximate surface area is 211 Å². The molecule has 32 heavy (non-hydrogen) atoms. The number of piperazine rings is 1. The average Bonchev–Trinajstić information content (AvgIpc) is 3.30. The summed E-state index contributed by atoms with van der Waals surface area (Å²) in [4.78, 5) is 9.66. The maximum absolute atomic E-state index is 5.73. The molecule has 0 radical (unpaired) electrons. The van der Waals surface area contributed by atoms with Crippen LogP contribution >= 0.6 is 24.0 Å². The molecule has 3 rings (SSSR count). The van der Waals surface area contributed by atoms with E-state index in [0.717, 1.165) is 90.9 Å². The molecule has 2 aliphatic rings. The van der Waals surface area contributed by atoms with E-state index in [1.165, 1.54) is 11.1 Å². The number of ether oxygens (including phenoxy) is 2.